The van der Waals surface area contributed by atoms with Crippen molar-refractivity contribution in [3.8, 4) is 0 Å². The molecule has 0 heterocycles. The van der Waals surface area contributed by atoms with E-state index in [0.717, 1.165) is 0 Å². The van der Waals surface area contributed by atoms with Crippen molar-refractivity contribution in [2.45, 2.75) is 0 Å². The van der Waals surface area contributed by atoms with Crippen molar-refractivity contribution in [3.05, 3.63) is 0 Å². The molecule has 0 radical (unpaired) electrons. The van der Waals surface area contributed by atoms with Crippen molar-refractivity contribution >= 4 is 0 Å². The summed E-state index contributed by atoms with van der Waals surface area (Å²) in [7, 11) is 0. The van der Waals surface area contributed by atoms with E-state index < -0.39 is 12.6 Å². The molecular weight excluding hydrogens is 147 g/mol. The number of rotatable bonds is 0. The fourth-order valence-corrected chi connectivity index (χ4v) is 0. The first-order valence-corrected chi connectivity index (χ1v) is 3.76. The second kappa shape index (κ2) is 1.26. The van der Waals surface area contributed by atoms with Crippen LogP contribution in [-0.4, -0.2) is 5.48 Å². The van der Waals surface area contributed by atoms with Crippen LogP contribution in [0.3, 0.4) is 0 Å². The zero-order chi connectivity index (χ0) is 5.45. The van der Waals surface area contributed by atoms with Gasteiger partial charge in [-0.25, -0.2) is 0 Å². The van der Waals surface area contributed by atoms with Gasteiger partial charge < -0.3 is 5.48 Å². The summed E-state index contributed by atoms with van der Waals surface area (Å²) in [5.41, 5.74) is 0. The van der Waals surface area contributed by atoms with Crippen LogP contribution in [-0.2, 0) is 31.0 Å². The maximum absolute atomic E-state index is 8.64. The molecule has 0 aromatic rings. The van der Waals surface area contributed by atoms with Crippen LogP contribution in [0.1, 0.15) is 0 Å². The minimum absolute atomic E-state index is 0. The van der Waals surface area contributed by atoms with Gasteiger partial charge in [-0.05, 0) is 0 Å². The van der Waals surface area contributed by atoms with Gasteiger partial charge in [0.25, 0.3) is 0 Å². The maximum atomic E-state index is 8.64. The Morgan fingerprint density at radius 3 is 0.714 bits per heavy atom. The first-order chi connectivity index (χ1) is 2.24. The number of hydrogen-bond acceptors (Lipinski definition) is 5. The van der Waals surface area contributed by atoms with E-state index in [1.165, 1.54) is 0 Å². The Bertz CT molecular complexity index is 274. The Morgan fingerprint density at radius 1 is 0.714 bits per heavy atom. The molecule has 0 aliphatic heterocycles. The Balaban J connectivity index is 0. The molecule has 7 heavy (non-hydrogen) atoms. The topological polar surface area (TPSA) is 117 Å². The van der Waals surface area contributed by atoms with Crippen LogP contribution in [0.4, 0.5) is 0 Å². The molecule has 0 rings (SSSR count). The molecule has 43 valence electrons. The van der Waals surface area contributed by atoms with Crippen LogP contribution in [0.15, 0.2) is 0 Å². The monoisotopic (exact) mass is 149 g/mol. The first-order valence-electron chi connectivity index (χ1n) is 0.913. The molecule has 2 N–H and O–H groups in total. The second-order valence-electron chi connectivity index (χ2n) is 0.745. The molecule has 0 aliphatic rings. The van der Waals surface area contributed by atoms with E-state index in [2.05, 4.69) is 0 Å². The second-order valence-corrected chi connectivity index (χ2v) is 3.07. The van der Waals surface area contributed by atoms with Gasteiger partial charge in [-0.3, -0.25) is 0 Å². The fraction of sp³-hybridized carbons (Fsp3) is 0. The van der Waals surface area contributed by atoms with Crippen molar-refractivity contribution in [2.75, 3.05) is 0 Å². The first kappa shape index (κ1) is 9.74. The molecule has 0 bridgehead atoms. The van der Waals surface area contributed by atoms with Crippen molar-refractivity contribution in [3.63, 3.8) is 0 Å². The minimum atomic E-state index is -7.74. The van der Waals surface area contributed by atoms with Crippen LogP contribution in [0.25, 0.3) is 0 Å². The number of hydrogen-bond donors (Lipinski definition) is 0. The van der Waals surface area contributed by atoms with Crippen molar-refractivity contribution in [1.82, 2.24) is 0 Å². The third-order valence-electron chi connectivity index (χ3n) is 0. The summed E-state index contributed by atoms with van der Waals surface area (Å²) in [4.78, 5) is 0. The van der Waals surface area contributed by atoms with Crippen LogP contribution in [0, 0.1) is 0 Å². The van der Waals surface area contributed by atoms with Gasteiger partial charge in [0.05, 0.1) is 0 Å². The molecule has 0 amide bonds. The van der Waals surface area contributed by atoms with Gasteiger partial charge in [-0.15, -0.1) is 0 Å². The quantitative estimate of drug-likeness (QED) is 0.418. The molecule has 7 heteroatoms. The zero-order valence-corrected chi connectivity index (χ0v) is 4.39. The van der Waals surface area contributed by atoms with Crippen LogP contribution in [0.5, 0.6) is 0 Å². The van der Waals surface area contributed by atoms with Gasteiger partial charge in [0, 0.05) is 0 Å². The Hall–Kier alpha value is -0.456. The predicted octanol–water partition coefficient (Wildman–Crippen LogP) is -1.42. The van der Waals surface area contributed by atoms with E-state index in [4.69, 9.17) is 18.4 Å². The Morgan fingerprint density at radius 2 is 0.714 bits per heavy atom. The summed E-state index contributed by atoms with van der Waals surface area (Å²) in [6.07, 6.45) is 0. The predicted molar refractivity (Wildman–Crippen MR) is 7.05 cm³/mol. The molecule has 0 spiro atoms. The molecule has 0 aromatic carbocycles. The fourth-order valence-electron chi connectivity index (χ4n) is 0. The molecule has 0 fully saturated rings. The third kappa shape index (κ3) is 336. The molecule has 0 saturated carbocycles. The summed E-state index contributed by atoms with van der Waals surface area (Å²) >= 11 is -7.74. The van der Waals surface area contributed by atoms with Crippen LogP contribution in [0.2, 0.25) is 0 Å². The molecule has 0 aliphatic carbocycles. The normalized spacial score (nSPS) is 8.57. The van der Waals surface area contributed by atoms with Gasteiger partial charge in [0.2, 0.25) is 0 Å². The summed E-state index contributed by atoms with van der Waals surface area (Å²) in [6.45, 7) is 0. The van der Waals surface area contributed by atoms with E-state index in [-0.39, 0.29) is 5.48 Å². The van der Waals surface area contributed by atoms with Crippen molar-refractivity contribution < 1.29 is 36.5 Å². The van der Waals surface area contributed by atoms with Gasteiger partial charge in [0.1, 0.15) is 0 Å². The SMILES string of the molecule is O.[O]=[V](=[O])(=[O])(=[O])=[O]. The standard InChI is InChI=1S/H2O.5O.V/h1H2;;;;;;. The summed E-state index contributed by atoms with van der Waals surface area (Å²) in [5.74, 6) is 0. The van der Waals surface area contributed by atoms with Gasteiger partial charge in [-0.1, -0.05) is 0 Å². The van der Waals surface area contributed by atoms with Gasteiger partial charge in [0.15, 0.2) is 0 Å². The van der Waals surface area contributed by atoms with Crippen LogP contribution < -0.4 is 0 Å². The van der Waals surface area contributed by atoms with E-state index in [0.29, 0.717) is 0 Å². The van der Waals surface area contributed by atoms with Gasteiger partial charge in [-0.2, -0.15) is 0 Å². The van der Waals surface area contributed by atoms with Gasteiger partial charge >= 0.3 is 31.0 Å². The average Bonchev–Trinajstić information content (AvgIpc) is 0.650. The Kier molecular flexibility index (Phi) is 1.75. The van der Waals surface area contributed by atoms with E-state index in [9.17, 15) is 0 Å². The van der Waals surface area contributed by atoms with Crippen LogP contribution >= 0.6 is 0 Å². The van der Waals surface area contributed by atoms with E-state index in [1.54, 1.807) is 0 Å². The molecule has 0 aromatic heterocycles. The summed E-state index contributed by atoms with van der Waals surface area (Å²) in [5, 5.41) is 0. The zero-order valence-electron chi connectivity index (χ0n) is 2.99. The molecule has 6 nitrogen and oxygen atoms in total. The van der Waals surface area contributed by atoms with E-state index in [1.807, 2.05) is 0 Å². The molecule has 0 unspecified atom stereocenters. The summed E-state index contributed by atoms with van der Waals surface area (Å²) in [6, 6.07) is 0. The third-order valence-corrected chi connectivity index (χ3v) is 0. The average molecular weight is 149 g/mol. The molecule has 0 atom stereocenters. The molecular formula is H2O6V. The Labute approximate surface area is 37.3 Å². The summed E-state index contributed by atoms with van der Waals surface area (Å²) < 4.78 is 43.2. The van der Waals surface area contributed by atoms with E-state index >= 15 is 0 Å². The molecule has 0 saturated heterocycles. The van der Waals surface area contributed by atoms with Crippen molar-refractivity contribution in [2.24, 2.45) is 0 Å². The van der Waals surface area contributed by atoms with Crippen molar-refractivity contribution in [1.29, 1.82) is 0 Å².